The zero-order valence-corrected chi connectivity index (χ0v) is 19.0. The summed E-state index contributed by atoms with van der Waals surface area (Å²) in [4.78, 5) is 18.2. The second kappa shape index (κ2) is 9.23. The topological polar surface area (TPSA) is 81.1 Å². The molecule has 3 aromatic carbocycles. The van der Waals surface area contributed by atoms with Crippen molar-refractivity contribution in [1.82, 2.24) is 14.8 Å². The Morgan fingerprint density at radius 2 is 1.68 bits per heavy atom. The molecular formula is C27H25N5O2. The van der Waals surface area contributed by atoms with Crippen LogP contribution in [-0.2, 0) is 4.79 Å². The van der Waals surface area contributed by atoms with Crippen LogP contribution in [0.1, 0.15) is 25.5 Å². The van der Waals surface area contributed by atoms with E-state index < -0.39 is 6.04 Å². The summed E-state index contributed by atoms with van der Waals surface area (Å²) in [5.41, 5.74) is 3.88. The molecule has 1 aliphatic rings. The number of carbonyl (C=O) groups excluding carboxylic acids is 1. The van der Waals surface area contributed by atoms with Gasteiger partial charge in [-0.3, -0.25) is 4.79 Å². The minimum Gasteiger partial charge on any atom is -0.494 e. The average molecular weight is 452 g/mol. The Hall–Kier alpha value is -4.39. The smallest absolute Gasteiger partial charge is 0.255 e. The van der Waals surface area contributed by atoms with E-state index in [0.29, 0.717) is 24.0 Å². The molecule has 1 atom stereocenters. The Bertz CT molecular complexity index is 1330. The molecule has 1 amide bonds. The summed E-state index contributed by atoms with van der Waals surface area (Å²) in [6.45, 7) is 4.46. The third-order valence-corrected chi connectivity index (χ3v) is 5.67. The van der Waals surface area contributed by atoms with E-state index in [1.165, 1.54) is 0 Å². The molecule has 34 heavy (non-hydrogen) atoms. The molecule has 0 spiro atoms. The lowest BCUT2D eigenvalue weighted by Crippen LogP contribution is -2.31. The van der Waals surface area contributed by atoms with Crippen LogP contribution in [0.15, 0.2) is 96.2 Å². The molecule has 0 saturated heterocycles. The van der Waals surface area contributed by atoms with Gasteiger partial charge in [-0.15, -0.1) is 5.10 Å². The van der Waals surface area contributed by atoms with Gasteiger partial charge in [0.2, 0.25) is 5.95 Å². The molecule has 0 radical (unpaired) electrons. The minimum absolute atomic E-state index is 0.186. The highest BCUT2D eigenvalue weighted by Gasteiger charge is 2.34. The van der Waals surface area contributed by atoms with Crippen molar-refractivity contribution in [3.8, 4) is 17.1 Å². The Labute approximate surface area is 198 Å². The first-order chi connectivity index (χ1) is 16.6. The van der Waals surface area contributed by atoms with Crippen LogP contribution in [0.25, 0.3) is 11.4 Å². The molecule has 2 N–H and O–H groups in total. The van der Waals surface area contributed by atoms with Gasteiger partial charge in [-0.25, -0.2) is 4.68 Å². The van der Waals surface area contributed by atoms with Crippen LogP contribution in [0.4, 0.5) is 11.6 Å². The van der Waals surface area contributed by atoms with Crippen LogP contribution in [0, 0.1) is 0 Å². The first-order valence-corrected chi connectivity index (χ1v) is 11.2. The molecular weight excluding hydrogens is 426 g/mol. The van der Waals surface area contributed by atoms with Crippen molar-refractivity contribution in [1.29, 1.82) is 0 Å². The van der Waals surface area contributed by atoms with Crippen molar-refractivity contribution in [2.75, 3.05) is 17.2 Å². The van der Waals surface area contributed by atoms with Crippen molar-refractivity contribution in [3.05, 3.63) is 102 Å². The van der Waals surface area contributed by atoms with Gasteiger partial charge in [-0.2, -0.15) is 4.98 Å². The summed E-state index contributed by atoms with van der Waals surface area (Å²) in [5, 5.41) is 11.1. The second-order valence-electron chi connectivity index (χ2n) is 7.96. The lowest BCUT2D eigenvalue weighted by molar-refractivity contribution is -0.113. The third-order valence-electron chi connectivity index (χ3n) is 5.67. The van der Waals surface area contributed by atoms with Crippen molar-refractivity contribution >= 4 is 17.5 Å². The molecule has 0 aliphatic carbocycles. The number of para-hydroxylation sites is 1. The number of ether oxygens (including phenoxy) is 1. The van der Waals surface area contributed by atoms with Crippen LogP contribution in [0.2, 0.25) is 0 Å². The maximum absolute atomic E-state index is 13.5. The molecule has 170 valence electrons. The summed E-state index contributed by atoms with van der Waals surface area (Å²) >= 11 is 0. The fourth-order valence-electron chi connectivity index (χ4n) is 4.10. The van der Waals surface area contributed by atoms with Crippen LogP contribution in [0.5, 0.6) is 5.75 Å². The quantitative estimate of drug-likeness (QED) is 0.417. The Balaban J connectivity index is 1.55. The Morgan fingerprint density at radius 1 is 1.00 bits per heavy atom. The zero-order chi connectivity index (χ0) is 23.5. The molecule has 1 aromatic heterocycles. The number of aromatic nitrogens is 3. The monoisotopic (exact) mass is 451 g/mol. The number of nitrogens with one attached hydrogen (secondary N) is 2. The van der Waals surface area contributed by atoms with Gasteiger partial charge < -0.3 is 15.4 Å². The molecule has 2 heterocycles. The molecule has 0 fully saturated rings. The summed E-state index contributed by atoms with van der Waals surface area (Å²) in [6.07, 6.45) is 0. The molecule has 4 aromatic rings. The maximum atomic E-state index is 13.5. The number of carbonyl (C=O) groups is 1. The van der Waals surface area contributed by atoms with E-state index in [1.54, 1.807) is 4.68 Å². The molecule has 5 rings (SSSR count). The number of anilines is 2. The average Bonchev–Trinajstić information content (AvgIpc) is 3.28. The molecule has 1 aliphatic heterocycles. The van der Waals surface area contributed by atoms with Gasteiger partial charge in [0.1, 0.15) is 11.8 Å². The van der Waals surface area contributed by atoms with E-state index in [0.717, 1.165) is 28.3 Å². The maximum Gasteiger partial charge on any atom is 0.255 e. The zero-order valence-electron chi connectivity index (χ0n) is 19.0. The van der Waals surface area contributed by atoms with E-state index in [2.05, 4.69) is 10.6 Å². The number of allylic oxidation sites excluding steroid dienone is 1. The standard InChI is InChI=1S/C27H25N5O2/c1-3-34-22-16-14-20(15-17-22)25-30-27-28-18(2)23(26(33)29-21-12-8-5-9-13-21)24(32(27)31-25)19-10-6-4-7-11-19/h4-17,24H,3H2,1-2H3,(H,29,33)(H,28,30,31). The lowest BCUT2D eigenvalue weighted by Gasteiger charge is -2.28. The van der Waals surface area contributed by atoms with Crippen molar-refractivity contribution in [2.45, 2.75) is 19.9 Å². The number of amides is 1. The van der Waals surface area contributed by atoms with Gasteiger partial charge in [-0.1, -0.05) is 48.5 Å². The molecule has 7 nitrogen and oxygen atoms in total. The van der Waals surface area contributed by atoms with Crippen molar-refractivity contribution < 1.29 is 9.53 Å². The SMILES string of the molecule is CCOc1ccc(-c2nc3n(n2)C(c2ccccc2)C(C(=O)Nc2ccccc2)=C(C)N3)cc1. The van der Waals surface area contributed by atoms with Crippen LogP contribution < -0.4 is 15.4 Å². The van der Waals surface area contributed by atoms with Crippen LogP contribution >= 0.6 is 0 Å². The van der Waals surface area contributed by atoms with Crippen molar-refractivity contribution in [3.63, 3.8) is 0 Å². The number of rotatable bonds is 6. The van der Waals surface area contributed by atoms with E-state index in [-0.39, 0.29) is 5.91 Å². The van der Waals surface area contributed by atoms with Crippen molar-refractivity contribution in [2.24, 2.45) is 0 Å². The van der Waals surface area contributed by atoms with Gasteiger partial charge in [0.05, 0.1) is 12.2 Å². The lowest BCUT2D eigenvalue weighted by atomic mass is 9.95. The normalized spacial score (nSPS) is 14.8. The molecule has 1 unspecified atom stereocenters. The van der Waals surface area contributed by atoms with Crippen LogP contribution in [-0.4, -0.2) is 27.3 Å². The van der Waals surface area contributed by atoms with Gasteiger partial charge >= 0.3 is 0 Å². The molecule has 0 bridgehead atoms. The third kappa shape index (κ3) is 4.15. The highest BCUT2D eigenvalue weighted by molar-refractivity contribution is 6.06. The van der Waals surface area contributed by atoms with E-state index in [1.807, 2.05) is 98.8 Å². The Kier molecular flexibility index (Phi) is 5.82. The minimum atomic E-state index is -0.426. The summed E-state index contributed by atoms with van der Waals surface area (Å²) in [7, 11) is 0. The summed E-state index contributed by atoms with van der Waals surface area (Å²) in [5.74, 6) is 1.78. The summed E-state index contributed by atoms with van der Waals surface area (Å²) < 4.78 is 7.33. The van der Waals surface area contributed by atoms with E-state index in [4.69, 9.17) is 14.8 Å². The summed E-state index contributed by atoms with van der Waals surface area (Å²) in [6, 6.07) is 26.6. The fraction of sp³-hybridized carbons (Fsp3) is 0.148. The molecule has 7 heteroatoms. The van der Waals surface area contributed by atoms with Crippen LogP contribution in [0.3, 0.4) is 0 Å². The van der Waals surface area contributed by atoms with E-state index >= 15 is 0 Å². The van der Waals surface area contributed by atoms with Gasteiger partial charge in [0.25, 0.3) is 5.91 Å². The van der Waals surface area contributed by atoms with Gasteiger partial charge in [0.15, 0.2) is 5.82 Å². The van der Waals surface area contributed by atoms with Gasteiger partial charge in [-0.05, 0) is 55.8 Å². The van der Waals surface area contributed by atoms with E-state index in [9.17, 15) is 4.79 Å². The Morgan fingerprint density at radius 3 is 2.35 bits per heavy atom. The number of benzene rings is 3. The highest BCUT2D eigenvalue weighted by atomic mass is 16.5. The number of nitrogens with zero attached hydrogens (tertiary/aromatic N) is 3. The van der Waals surface area contributed by atoms with Gasteiger partial charge in [0, 0.05) is 16.9 Å². The largest absolute Gasteiger partial charge is 0.494 e. The number of fused-ring (bicyclic) bond motifs is 1. The fourth-order valence-corrected chi connectivity index (χ4v) is 4.10. The number of hydrogen-bond acceptors (Lipinski definition) is 5. The molecule has 0 saturated carbocycles. The first-order valence-electron chi connectivity index (χ1n) is 11.2. The predicted octanol–water partition coefficient (Wildman–Crippen LogP) is 5.27. The first kappa shape index (κ1) is 21.5. The predicted molar refractivity (Wildman–Crippen MR) is 133 cm³/mol. The number of hydrogen-bond donors (Lipinski definition) is 2. The second-order valence-corrected chi connectivity index (χ2v) is 7.96. The highest BCUT2D eigenvalue weighted by Crippen LogP contribution is 2.36.